The van der Waals surface area contributed by atoms with Gasteiger partial charge >= 0.3 is 0 Å². The maximum atomic E-state index is 12.2. The number of imide groups is 5. The normalized spacial score (nSPS) is 18.5. The van der Waals surface area contributed by atoms with Gasteiger partial charge in [0.25, 0.3) is 0 Å². The van der Waals surface area contributed by atoms with Crippen molar-refractivity contribution < 1.29 is 235 Å². The molecule has 0 bridgehead atoms. The molecule has 15 amide bonds. The van der Waals surface area contributed by atoms with E-state index >= 15 is 0 Å². The van der Waals surface area contributed by atoms with Crippen LogP contribution in [-0.2, 0) is 244 Å². The standard InChI is InChI=1S/5C13H11N2O3.5C4H9.4C2H6.5Y/c5*16-11-6-5-10(12(17)14-11)15-7-8-3-1-2-4-9(8)13(15)18;5*1-4(2)3;4*1-2;;;;;/h2*2-4,10H,5-7H2,(H,14,16,17);1,3-4,10H,5-7H2,(H,14,16,17);1-2,4,10H,5-7H2,(H,14,16,17);1-3,10H,5-7H2,(H,14,16,17);5*1-3H3;4*1-2H3;;;;;/q10*-1;;;;;;;;;. The smallest absolute Gasteiger partial charge is 0.249 e. The quantitative estimate of drug-likeness (QED) is 0.0806. The average Bonchev–Trinajstić information content (AvgIpc) is 1.67. The summed E-state index contributed by atoms with van der Waals surface area (Å²) in [5, 5.41) is 11.4. The molecule has 10 aliphatic rings. The van der Waals surface area contributed by atoms with Crippen molar-refractivity contribution in [3.8, 4) is 0 Å². The van der Waals surface area contributed by atoms with Crippen LogP contribution < -0.4 is 26.6 Å². The fourth-order valence-electron chi connectivity index (χ4n) is 12.2. The van der Waals surface area contributed by atoms with E-state index < -0.39 is 30.2 Å². The van der Waals surface area contributed by atoms with Crippen LogP contribution in [0.1, 0.15) is 303 Å². The van der Waals surface area contributed by atoms with Crippen LogP contribution in [0.25, 0.3) is 0 Å². The monoisotopic (exact) mass is 2070 g/mol. The second kappa shape index (κ2) is 65.3. The van der Waals surface area contributed by atoms with Crippen LogP contribution in [0, 0.1) is 59.9 Å². The molecule has 5 aromatic rings. The third kappa shape index (κ3) is 40.5. The molecule has 30 heteroatoms. The van der Waals surface area contributed by atoms with Gasteiger partial charge in [0.15, 0.2) is 17.7 Å². The van der Waals surface area contributed by atoms with E-state index in [1.165, 1.54) is 54.1 Å². The Morgan fingerprint density at radius 2 is 0.528 bits per heavy atom. The Morgan fingerprint density at radius 3 is 0.821 bits per heavy atom. The third-order valence-electron chi connectivity index (χ3n) is 16.8. The van der Waals surface area contributed by atoms with Gasteiger partial charge < -0.3 is 58.9 Å². The van der Waals surface area contributed by atoms with E-state index in [1.807, 2.05) is 73.6 Å². The molecule has 10 heterocycles. The molecule has 0 spiro atoms. The van der Waals surface area contributed by atoms with Crippen molar-refractivity contribution in [3.63, 3.8) is 0 Å². The largest absolute Gasteiger partial charge is 0.371 e. The predicted octanol–water partition coefficient (Wildman–Crippen LogP) is 13.4. The number of amides is 15. The van der Waals surface area contributed by atoms with Gasteiger partial charge in [0, 0.05) is 228 Å². The molecular formula is C93H124N10O15Y5-10. The number of nitrogens with one attached hydrogen (secondary N) is 5. The summed E-state index contributed by atoms with van der Waals surface area (Å²) < 4.78 is 0. The summed E-state index contributed by atoms with van der Waals surface area (Å²) in [7, 11) is 0. The van der Waals surface area contributed by atoms with Gasteiger partial charge in [-0.05, 0) is 32.1 Å². The van der Waals surface area contributed by atoms with Crippen molar-refractivity contribution in [2.75, 3.05) is 0 Å². The van der Waals surface area contributed by atoms with Crippen molar-refractivity contribution >= 4 is 88.6 Å². The van der Waals surface area contributed by atoms with Gasteiger partial charge in [-0.3, -0.25) is 93.7 Å². The van der Waals surface area contributed by atoms with Gasteiger partial charge in [-0.2, -0.15) is 201 Å². The molecule has 25 nitrogen and oxygen atoms in total. The van der Waals surface area contributed by atoms with Crippen LogP contribution in [0.4, 0.5) is 0 Å². The van der Waals surface area contributed by atoms with Crippen LogP contribution in [0.2, 0.25) is 0 Å². The number of rotatable bonds is 5. The Hall–Kier alpha value is -5.33. The summed E-state index contributed by atoms with van der Waals surface area (Å²) in [6, 6.07) is 38.1. The minimum Gasteiger partial charge on any atom is -0.371 e. The molecule has 0 saturated carbocycles. The number of hydrogen-bond acceptors (Lipinski definition) is 15. The molecular weight excluding hydrogens is 1940 g/mol. The number of nitrogens with zero attached hydrogens (tertiary/aromatic N) is 5. The first-order chi connectivity index (χ1) is 56.0. The van der Waals surface area contributed by atoms with Crippen LogP contribution in [0.15, 0.2) is 91.0 Å². The number of hydrogen-bond donors (Lipinski definition) is 5. The summed E-state index contributed by atoms with van der Waals surface area (Å²) >= 11 is 0. The van der Waals surface area contributed by atoms with Crippen LogP contribution in [-0.4, -0.2) is 143 Å². The van der Waals surface area contributed by atoms with Gasteiger partial charge in [0.1, 0.15) is 30.2 Å². The summed E-state index contributed by atoms with van der Waals surface area (Å²) in [5.41, 5.74) is 7.34. The molecule has 5 aromatic carbocycles. The Labute approximate surface area is 858 Å². The fraction of sp³-hybridized carbons (Fsp3) is 0.462. The molecule has 5 saturated heterocycles. The molecule has 5 fully saturated rings. The molecule has 5 radical (unpaired) electrons. The molecule has 5 unspecified atom stereocenters. The zero-order valence-electron chi connectivity index (χ0n) is 76.4. The average molecular weight is 2070 g/mol. The van der Waals surface area contributed by atoms with E-state index in [4.69, 9.17) is 0 Å². The summed E-state index contributed by atoms with van der Waals surface area (Å²) in [6.07, 6.45) is 3.37. The van der Waals surface area contributed by atoms with Crippen molar-refractivity contribution in [3.05, 3.63) is 207 Å². The topological polar surface area (TPSA) is 332 Å². The Balaban J connectivity index is -0.000000661. The van der Waals surface area contributed by atoms with Gasteiger partial charge in [-0.15, -0.1) is 52.1 Å². The zero-order valence-corrected chi connectivity index (χ0v) is 90.6. The first-order valence-electron chi connectivity index (χ1n) is 40.5. The molecule has 661 valence electrons. The zero-order chi connectivity index (χ0) is 89.4. The molecule has 123 heavy (non-hydrogen) atoms. The first kappa shape index (κ1) is 124. The first-order valence-corrected chi connectivity index (χ1v) is 40.5. The number of carbonyl (C=O) groups excluding carboxylic acids is 15. The molecule has 5 atom stereocenters. The number of carbonyl (C=O) groups is 15. The fourth-order valence-corrected chi connectivity index (χ4v) is 12.2. The predicted molar refractivity (Wildman–Crippen MR) is 453 cm³/mol. The number of fused-ring (bicyclic) bond motifs is 5. The van der Waals surface area contributed by atoms with Gasteiger partial charge in [-0.25, -0.2) is 0 Å². The molecule has 10 aliphatic heterocycles. The van der Waals surface area contributed by atoms with E-state index in [9.17, 15) is 71.9 Å². The maximum Gasteiger partial charge on any atom is 0.249 e. The Morgan fingerprint density at radius 1 is 0.276 bits per heavy atom. The summed E-state index contributed by atoms with van der Waals surface area (Å²) in [6.45, 7) is 49.3. The second-order valence-electron chi connectivity index (χ2n) is 29.9. The Kier molecular flexibility index (Phi) is 65.8. The number of piperidine rings is 5. The van der Waals surface area contributed by atoms with Gasteiger partial charge in [0.05, 0.1) is 0 Å². The van der Waals surface area contributed by atoms with Crippen molar-refractivity contribution in [1.29, 1.82) is 0 Å². The van der Waals surface area contributed by atoms with Crippen LogP contribution in [0.3, 0.4) is 0 Å². The van der Waals surface area contributed by atoms with E-state index in [-0.39, 0.29) is 284 Å². The second-order valence-corrected chi connectivity index (χ2v) is 29.9. The summed E-state index contributed by atoms with van der Waals surface area (Å²) in [5.74, 6) is 3.05. The van der Waals surface area contributed by atoms with Gasteiger partial charge in [-0.1, -0.05) is 83.2 Å². The van der Waals surface area contributed by atoms with Crippen molar-refractivity contribution in [2.45, 2.75) is 286 Å². The van der Waals surface area contributed by atoms with Crippen molar-refractivity contribution in [1.82, 2.24) is 51.1 Å². The number of benzene rings is 5. The van der Waals surface area contributed by atoms with Crippen LogP contribution >= 0.6 is 0 Å². The Bertz CT molecular complexity index is 3610. The molecule has 15 rings (SSSR count). The third-order valence-corrected chi connectivity index (χ3v) is 16.8. The molecule has 0 aromatic heterocycles. The van der Waals surface area contributed by atoms with E-state index in [1.54, 1.807) is 72.8 Å². The minimum atomic E-state index is -0.545. The minimum absolute atomic E-state index is 0. The van der Waals surface area contributed by atoms with Crippen molar-refractivity contribution in [2.24, 2.45) is 0 Å². The van der Waals surface area contributed by atoms with E-state index in [0.717, 1.165) is 27.8 Å². The molecule has 0 aliphatic carbocycles. The summed E-state index contributed by atoms with van der Waals surface area (Å²) in [4.78, 5) is 183. The SMILES string of the molecule is CC.CC.CC.CC.C[C-](C)C.C[C-](C)C.C[C-](C)C.C[C-](C)C.C[C-](C)C.O=C1CCC(N2Cc3[c-]cccc3C2=O)C(=O)N1.O=C1CCC(N2Cc3c[c-]ccc3C2=O)C(=O)N1.O=C1CCC(N2Cc3c[c-]ccc3C2=O)C(=O)N1.O=C1CCC(N2Cc3cc[c-]cc3C2=O)C(=O)N1.O=C1CCC(N2Cc3ccc[c-]c3C2=O)C(=O)N1.[Y].[Y].[Y].[Y].[Y]. The molecule has 5 N–H and O–H groups in total. The van der Waals surface area contributed by atoms with Gasteiger partial charge in [0.2, 0.25) is 70.9 Å². The van der Waals surface area contributed by atoms with Crippen LogP contribution in [0.5, 0.6) is 0 Å². The maximum absolute atomic E-state index is 12.2. The van der Waals surface area contributed by atoms with E-state index in [2.05, 4.69) is 161 Å². The van der Waals surface area contributed by atoms with E-state index in [0.29, 0.717) is 92.6 Å².